The minimum atomic E-state index is -1.09. The van der Waals surface area contributed by atoms with E-state index < -0.39 is 29.6 Å². The molecule has 1 fully saturated rings. The van der Waals surface area contributed by atoms with Crippen LogP contribution in [0.5, 0.6) is 0 Å². The predicted octanol–water partition coefficient (Wildman–Crippen LogP) is 0.979. The van der Waals surface area contributed by atoms with Gasteiger partial charge in [0.2, 0.25) is 0 Å². The maximum Gasteiger partial charge on any atom is 0.336 e. The first-order chi connectivity index (χ1) is 9.52. The third-order valence-corrected chi connectivity index (χ3v) is 2.98. The second-order valence-corrected chi connectivity index (χ2v) is 4.26. The number of ether oxygens (including phenoxy) is 2. The van der Waals surface area contributed by atoms with Crippen LogP contribution in [-0.2, 0) is 14.3 Å². The molecule has 2 rings (SSSR count). The van der Waals surface area contributed by atoms with Gasteiger partial charge in [-0.05, 0) is 18.2 Å². The molecule has 1 unspecified atom stereocenters. The summed E-state index contributed by atoms with van der Waals surface area (Å²) in [6, 6.07) is 2.92. The molecule has 1 aromatic carbocycles. The molecule has 0 aliphatic carbocycles. The quantitative estimate of drug-likeness (QED) is 0.760. The highest BCUT2D eigenvalue weighted by Gasteiger charge is 2.30. The molecule has 1 heterocycles. The van der Waals surface area contributed by atoms with E-state index in [1.54, 1.807) is 0 Å². The molecule has 1 aliphatic rings. The molecular weight excluding hydrogens is 272 g/mol. The van der Waals surface area contributed by atoms with Crippen LogP contribution in [0.2, 0.25) is 0 Å². The standard InChI is InChI=1S/C13H13F2NO4/c1-19-13(18)11-7-16(4-5-20-11)12(17)8-2-3-9(14)10(15)6-8/h2-3,6,11H,4-5,7H2,1H3. The van der Waals surface area contributed by atoms with Crippen molar-refractivity contribution in [1.82, 2.24) is 4.90 Å². The van der Waals surface area contributed by atoms with Gasteiger partial charge in [-0.1, -0.05) is 0 Å². The number of benzene rings is 1. The van der Waals surface area contributed by atoms with Gasteiger partial charge in [-0.15, -0.1) is 0 Å². The lowest BCUT2D eigenvalue weighted by atomic mass is 10.1. The maximum atomic E-state index is 13.1. The zero-order chi connectivity index (χ0) is 14.7. The molecule has 1 amide bonds. The summed E-state index contributed by atoms with van der Waals surface area (Å²) in [7, 11) is 1.22. The van der Waals surface area contributed by atoms with Gasteiger partial charge in [-0.2, -0.15) is 0 Å². The number of carbonyl (C=O) groups is 2. The van der Waals surface area contributed by atoms with Crippen molar-refractivity contribution >= 4 is 11.9 Å². The number of rotatable bonds is 2. The van der Waals surface area contributed by atoms with Crippen LogP contribution in [0.4, 0.5) is 8.78 Å². The van der Waals surface area contributed by atoms with Crippen molar-refractivity contribution in [3.63, 3.8) is 0 Å². The molecule has 1 saturated heterocycles. The van der Waals surface area contributed by atoms with Gasteiger partial charge >= 0.3 is 5.97 Å². The van der Waals surface area contributed by atoms with Crippen molar-refractivity contribution < 1.29 is 27.8 Å². The third kappa shape index (κ3) is 2.93. The minimum absolute atomic E-state index is 0.0184. The summed E-state index contributed by atoms with van der Waals surface area (Å²) in [6.07, 6.45) is -0.858. The SMILES string of the molecule is COC(=O)C1CN(C(=O)c2ccc(F)c(F)c2)CCO1. The normalized spacial score (nSPS) is 18.8. The fraction of sp³-hybridized carbons (Fsp3) is 0.385. The highest BCUT2D eigenvalue weighted by atomic mass is 19.2. The van der Waals surface area contributed by atoms with E-state index in [0.717, 1.165) is 12.1 Å². The van der Waals surface area contributed by atoms with Gasteiger partial charge in [0.05, 0.1) is 20.3 Å². The molecule has 0 aromatic heterocycles. The molecule has 0 bridgehead atoms. The van der Waals surface area contributed by atoms with E-state index in [9.17, 15) is 18.4 Å². The van der Waals surface area contributed by atoms with Crippen LogP contribution < -0.4 is 0 Å². The number of methoxy groups -OCH3 is 1. The molecule has 20 heavy (non-hydrogen) atoms. The van der Waals surface area contributed by atoms with Crippen molar-refractivity contribution in [2.24, 2.45) is 0 Å². The Labute approximate surface area is 114 Å². The Morgan fingerprint density at radius 1 is 1.35 bits per heavy atom. The van der Waals surface area contributed by atoms with Gasteiger partial charge < -0.3 is 14.4 Å². The molecule has 1 atom stereocenters. The lowest BCUT2D eigenvalue weighted by Gasteiger charge is -2.31. The fourth-order valence-electron chi connectivity index (χ4n) is 1.92. The Balaban J connectivity index is 2.12. The van der Waals surface area contributed by atoms with E-state index in [1.807, 2.05) is 0 Å². The van der Waals surface area contributed by atoms with Gasteiger partial charge in [0.15, 0.2) is 17.7 Å². The molecule has 0 spiro atoms. The van der Waals surface area contributed by atoms with Crippen LogP contribution in [0.1, 0.15) is 10.4 Å². The third-order valence-electron chi connectivity index (χ3n) is 2.98. The van der Waals surface area contributed by atoms with Crippen molar-refractivity contribution in [3.8, 4) is 0 Å². The number of morpholine rings is 1. The molecule has 1 aromatic rings. The fourth-order valence-corrected chi connectivity index (χ4v) is 1.92. The van der Waals surface area contributed by atoms with Gasteiger partial charge in [0.25, 0.3) is 5.91 Å². The van der Waals surface area contributed by atoms with E-state index in [0.29, 0.717) is 0 Å². The number of carbonyl (C=O) groups excluding carboxylic acids is 2. The highest BCUT2D eigenvalue weighted by Crippen LogP contribution is 2.14. The van der Waals surface area contributed by atoms with Gasteiger partial charge in [0.1, 0.15) is 0 Å². The Morgan fingerprint density at radius 3 is 2.75 bits per heavy atom. The Kier molecular flexibility index (Phi) is 4.29. The number of halogens is 2. The van der Waals surface area contributed by atoms with Crippen LogP contribution in [-0.4, -0.2) is 49.7 Å². The highest BCUT2D eigenvalue weighted by molar-refractivity contribution is 5.94. The molecule has 0 N–H and O–H groups in total. The smallest absolute Gasteiger partial charge is 0.336 e. The van der Waals surface area contributed by atoms with Crippen molar-refractivity contribution in [2.45, 2.75) is 6.10 Å². The van der Waals surface area contributed by atoms with E-state index in [-0.39, 0.29) is 25.3 Å². The lowest BCUT2D eigenvalue weighted by molar-refractivity contribution is -0.158. The van der Waals surface area contributed by atoms with Crippen molar-refractivity contribution in [1.29, 1.82) is 0 Å². The Morgan fingerprint density at radius 2 is 2.10 bits per heavy atom. The summed E-state index contributed by atoms with van der Waals surface area (Å²) in [5.41, 5.74) is 0.0226. The summed E-state index contributed by atoms with van der Waals surface area (Å²) in [6.45, 7) is 0.463. The predicted molar refractivity (Wildman–Crippen MR) is 64.0 cm³/mol. The monoisotopic (exact) mass is 285 g/mol. The van der Waals surface area contributed by atoms with Crippen molar-refractivity contribution in [2.75, 3.05) is 26.8 Å². The molecule has 0 radical (unpaired) electrons. The van der Waals surface area contributed by atoms with Crippen LogP contribution in [0.3, 0.4) is 0 Å². The molecule has 1 aliphatic heterocycles. The zero-order valence-corrected chi connectivity index (χ0v) is 10.8. The first-order valence-electron chi connectivity index (χ1n) is 5.96. The lowest BCUT2D eigenvalue weighted by Crippen LogP contribution is -2.48. The van der Waals surface area contributed by atoms with Crippen LogP contribution in [0, 0.1) is 11.6 Å². The first kappa shape index (κ1) is 14.4. The summed E-state index contributed by atoms with van der Waals surface area (Å²) < 4.78 is 35.7. The van der Waals surface area contributed by atoms with Gasteiger partial charge in [-0.25, -0.2) is 13.6 Å². The average Bonchev–Trinajstić information content (AvgIpc) is 2.48. The van der Waals surface area contributed by atoms with Crippen LogP contribution >= 0.6 is 0 Å². The van der Waals surface area contributed by atoms with E-state index >= 15 is 0 Å². The zero-order valence-electron chi connectivity index (χ0n) is 10.8. The maximum absolute atomic E-state index is 13.1. The van der Waals surface area contributed by atoms with E-state index in [4.69, 9.17) is 4.74 Å². The van der Waals surface area contributed by atoms with Crippen LogP contribution in [0.15, 0.2) is 18.2 Å². The second kappa shape index (κ2) is 5.96. The second-order valence-electron chi connectivity index (χ2n) is 4.26. The molecule has 5 nitrogen and oxygen atoms in total. The molecule has 0 saturated carbocycles. The molecule has 7 heteroatoms. The number of hydrogen-bond acceptors (Lipinski definition) is 4. The van der Waals surface area contributed by atoms with E-state index in [1.165, 1.54) is 18.1 Å². The number of nitrogens with zero attached hydrogens (tertiary/aromatic N) is 1. The number of amides is 1. The van der Waals surface area contributed by atoms with E-state index in [2.05, 4.69) is 4.74 Å². The molecule has 108 valence electrons. The summed E-state index contributed by atoms with van der Waals surface area (Å²) >= 11 is 0. The average molecular weight is 285 g/mol. The van der Waals surface area contributed by atoms with Crippen molar-refractivity contribution in [3.05, 3.63) is 35.4 Å². The first-order valence-corrected chi connectivity index (χ1v) is 5.96. The Hall–Kier alpha value is -2.02. The Bertz CT molecular complexity index is 535. The minimum Gasteiger partial charge on any atom is -0.467 e. The van der Waals surface area contributed by atoms with Gasteiger partial charge in [-0.3, -0.25) is 4.79 Å². The van der Waals surface area contributed by atoms with Crippen LogP contribution in [0.25, 0.3) is 0 Å². The number of hydrogen-bond donors (Lipinski definition) is 0. The summed E-state index contributed by atoms with van der Waals surface area (Å²) in [4.78, 5) is 24.9. The summed E-state index contributed by atoms with van der Waals surface area (Å²) in [5.74, 6) is -3.17. The largest absolute Gasteiger partial charge is 0.467 e. The number of esters is 1. The van der Waals surface area contributed by atoms with Gasteiger partial charge in [0, 0.05) is 12.1 Å². The topological polar surface area (TPSA) is 55.8 Å². The summed E-state index contributed by atoms with van der Waals surface area (Å²) in [5, 5.41) is 0. The molecular formula is C13H13F2NO4.